The van der Waals surface area contributed by atoms with Gasteiger partial charge >= 0.3 is 0 Å². The molecule has 0 saturated carbocycles. The molecule has 1 aromatic rings. The lowest BCUT2D eigenvalue weighted by atomic mass is 10.1. The Kier molecular flexibility index (Phi) is 6.48. The molecule has 0 saturated heterocycles. The lowest BCUT2D eigenvalue weighted by Gasteiger charge is -2.23. The number of nitrogens with two attached hydrogens (primary N) is 1. The predicted octanol–water partition coefficient (Wildman–Crippen LogP) is 0.926. The second-order valence-electron chi connectivity index (χ2n) is 4.63. The van der Waals surface area contributed by atoms with E-state index >= 15 is 0 Å². The summed E-state index contributed by atoms with van der Waals surface area (Å²) < 4.78 is 5.00. The summed E-state index contributed by atoms with van der Waals surface area (Å²) >= 11 is 0. The molecule has 0 heterocycles. The Morgan fingerprint density at radius 2 is 2.14 bits per heavy atom. The largest absolute Gasteiger partial charge is 0.508 e. The average molecular weight is 295 g/mol. The average Bonchev–Trinajstić information content (AvgIpc) is 2.46. The molecule has 7 heteroatoms. The zero-order chi connectivity index (χ0) is 15.8. The number of amidine groups is 1. The number of hydrogen-bond acceptors (Lipinski definition) is 5. The van der Waals surface area contributed by atoms with Gasteiger partial charge in [-0.05, 0) is 30.7 Å². The number of phenolic OH excluding ortho intramolecular Hbond substituents is 1. The standard InChI is InChI=1S/C14H21N3O4/c1-10-9-11(18)3-4-12(10)14(19)17(7-8-21-2)6-5-13(15)16-20/h3-4,9,18,20H,5-8H2,1-2H3,(H2,15,16). The molecule has 0 aliphatic heterocycles. The van der Waals surface area contributed by atoms with Crippen LogP contribution in [0.4, 0.5) is 0 Å². The van der Waals surface area contributed by atoms with Crippen LogP contribution in [0.15, 0.2) is 23.4 Å². The van der Waals surface area contributed by atoms with Gasteiger partial charge in [-0.3, -0.25) is 4.79 Å². The van der Waals surface area contributed by atoms with Gasteiger partial charge < -0.3 is 25.7 Å². The fourth-order valence-electron chi connectivity index (χ4n) is 1.87. The first-order valence-corrected chi connectivity index (χ1v) is 6.53. The van der Waals surface area contributed by atoms with E-state index in [-0.39, 0.29) is 23.9 Å². The molecule has 116 valence electrons. The molecule has 0 atom stereocenters. The summed E-state index contributed by atoms with van der Waals surface area (Å²) in [7, 11) is 1.55. The Labute approximate surface area is 123 Å². The van der Waals surface area contributed by atoms with Gasteiger partial charge in [0.05, 0.1) is 6.61 Å². The highest BCUT2D eigenvalue weighted by molar-refractivity contribution is 5.96. The fraction of sp³-hybridized carbons (Fsp3) is 0.429. The van der Waals surface area contributed by atoms with Crippen molar-refractivity contribution in [3.05, 3.63) is 29.3 Å². The van der Waals surface area contributed by atoms with E-state index in [2.05, 4.69) is 5.16 Å². The van der Waals surface area contributed by atoms with Crippen molar-refractivity contribution in [1.29, 1.82) is 0 Å². The van der Waals surface area contributed by atoms with Crippen LogP contribution in [0.1, 0.15) is 22.3 Å². The van der Waals surface area contributed by atoms with Gasteiger partial charge in [-0.1, -0.05) is 5.16 Å². The zero-order valence-corrected chi connectivity index (χ0v) is 12.2. The minimum absolute atomic E-state index is 0.0626. The van der Waals surface area contributed by atoms with Crippen molar-refractivity contribution in [3.63, 3.8) is 0 Å². The molecule has 1 rings (SSSR count). The van der Waals surface area contributed by atoms with Crippen molar-refractivity contribution in [2.24, 2.45) is 10.9 Å². The van der Waals surface area contributed by atoms with Gasteiger partial charge in [-0.2, -0.15) is 0 Å². The van der Waals surface area contributed by atoms with Gasteiger partial charge in [-0.15, -0.1) is 0 Å². The van der Waals surface area contributed by atoms with Crippen LogP contribution in [0, 0.1) is 6.92 Å². The van der Waals surface area contributed by atoms with Crippen LogP contribution in [0.25, 0.3) is 0 Å². The third-order valence-electron chi connectivity index (χ3n) is 3.06. The first-order valence-electron chi connectivity index (χ1n) is 6.53. The van der Waals surface area contributed by atoms with Crippen LogP contribution in [-0.2, 0) is 4.74 Å². The number of aryl methyl sites for hydroxylation is 1. The molecule has 0 spiro atoms. The third-order valence-corrected chi connectivity index (χ3v) is 3.06. The lowest BCUT2D eigenvalue weighted by molar-refractivity contribution is 0.0700. The molecule has 21 heavy (non-hydrogen) atoms. The molecule has 0 unspecified atom stereocenters. The van der Waals surface area contributed by atoms with Crippen LogP contribution in [0.5, 0.6) is 5.75 Å². The first kappa shape index (κ1) is 16.8. The smallest absolute Gasteiger partial charge is 0.254 e. The highest BCUT2D eigenvalue weighted by atomic mass is 16.5. The van der Waals surface area contributed by atoms with Crippen molar-refractivity contribution >= 4 is 11.7 Å². The Morgan fingerprint density at radius 1 is 1.43 bits per heavy atom. The number of carbonyl (C=O) groups is 1. The van der Waals surface area contributed by atoms with Gasteiger partial charge in [0.15, 0.2) is 0 Å². The molecule has 0 aliphatic carbocycles. The molecule has 0 aliphatic rings. The van der Waals surface area contributed by atoms with E-state index in [0.29, 0.717) is 30.8 Å². The minimum atomic E-state index is -0.185. The number of ether oxygens (including phenoxy) is 1. The molecular formula is C14H21N3O4. The maximum Gasteiger partial charge on any atom is 0.254 e. The molecular weight excluding hydrogens is 274 g/mol. The summed E-state index contributed by atoms with van der Waals surface area (Å²) in [5.74, 6) is -0.00733. The number of rotatable bonds is 7. The Balaban J connectivity index is 2.87. The first-order chi connectivity index (χ1) is 9.99. The number of amides is 1. The summed E-state index contributed by atoms with van der Waals surface area (Å²) in [4.78, 5) is 14.1. The summed E-state index contributed by atoms with van der Waals surface area (Å²) in [5.41, 5.74) is 6.63. The number of carbonyl (C=O) groups excluding carboxylic acids is 1. The molecule has 0 aromatic heterocycles. The number of phenols is 1. The lowest BCUT2D eigenvalue weighted by Crippen LogP contribution is -2.36. The fourth-order valence-corrected chi connectivity index (χ4v) is 1.87. The predicted molar refractivity (Wildman–Crippen MR) is 78.6 cm³/mol. The van der Waals surface area contributed by atoms with Crippen molar-refractivity contribution < 1.29 is 19.8 Å². The topological polar surface area (TPSA) is 108 Å². The van der Waals surface area contributed by atoms with Crippen molar-refractivity contribution in [2.45, 2.75) is 13.3 Å². The normalized spacial score (nSPS) is 11.4. The van der Waals surface area contributed by atoms with Gasteiger partial charge in [0.25, 0.3) is 5.91 Å². The highest BCUT2D eigenvalue weighted by Gasteiger charge is 2.18. The van der Waals surface area contributed by atoms with Crippen molar-refractivity contribution in [2.75, 3.05) is 26.8 Å². The molecule has 0 bridgehead atoms. The van der Waals surface area contributed by atoms with Crippen molar-refractivity contribution in [3.8, 4) is 5.75 Å². The van der Waals surface area contributed by atoms with Gasteiger partial charge in [-0.25, -0.2) is 0 Å². The summed E-state index contributed by atoms with van der Waals surface area (Å²) in [5, 5.41) is 20.9. The van der Waals surface area contributed by atoms with E-state index in [1.165, 1.54) is 12.1 Å². The number of hydrogen-bond donors (Lipinski definition) is 3. The molecule has 0 fully saturated rings. The summed E-state index contributed by atoms with van der Waals surface area (Å²) in [6.07, 6.45) is 0.267. The van der Waals surface area contributed by atoms with E-state index in [1.807, 2.05) is 0 Å². The van der Waals surface area contributed by atoms with E-state index < -0.39 is 0 Å². The summed E-state index contributed by atoms with van der Waals surface area (Å²) in [6, 6.07) is 4.58. The van der Waals surface area contributed by atoms with Crippen LogP contribution in [0.3, 0.4) is 0 Å². The quantitative estimate of drug-likeness (QED) is 0.300. The minimum Gasteiger partial charge on any atom is -0.508 e. The van der Waals surface area contributed by atoms with E-state index in [0.717, 1.165) is 0 Å². The molecule has 1 aromatic carbocycles. The van der Waals surface area contributed by atoms with Crippen molar-refractivity contribution in [1.82, 2.24) is 4.90 Å². The molecule has 7 nitrogen and oxygen atoms in total. The van der Waals surface area contributed by atoms with Gasteiger partial charge in [0, 0.05) is 32.2 Å². The number of nitrogens with zero attached hydrogens (tertiary/aromatic N) is 2. The van der Waals surface area contributed by atoms with Crippen LogP contribution in [-0.4, -0.2) is 53.8 Å². The molecule has 0 radical (unpaired) electrons. The van der Waals surface area contributed by atoms with E-state index in [9.17, 15) is 9.90 Å². The number of methoxy groups -OCH3 is 1. The zero-order valence-electron chi connectivity index (χ0n) is 12.2. The maximum atomic E-state index is 12.5. The van der Waals surface area contributed by atoms with Gasteiger partial charge in [0.2, 0.25) is 0 Å². The number of benzene rings is 1. The monoisotopic (exact) mass is 295 g/mol. The van der Waals surface area contributed by atoms with Crippen LogP contribution < -0.4 is 5.73 Å². The third kappa shape index (κ3) is 4.96. The Bertz CT molecular complexity index is 517. The Morgan fingerprint density at radius 3 is 2.71 bits per heavy atom. The van der Waals surface area contributed by atoms with E-state index in [1.54, 1.807) is 25.0 Å². The molecule has 1 amide bonds. The van der Waals surface area contributed by atoms with Crippen LogP contribution >= 0.6 is 0 Å². The second kappa shape index (κ2) is 8.11. The number of oxime groups is 1. The summed E-state index contributed by atoms with van der Waals surface area (Å²) in [6.45, 7) is 2.86. The highest BCUT2D eigenvalue weighted by Crippen LogP contribution is 2.17. The SMILES string of the molecule is COCCN(CC/C(N)=N/O)C(=O)c1ccc(O)cc1C. The maximum absolute atomic E-state index is 12.5. The van der Waals surface area contributed by atoms with Gasteiger partial charge in [0.1, 0.15) is 11.6 Å². The van der Waals surface area contributed by atoms with Crippen LogP contribution in [0.2, 0.25) is 0 Å². The molecule has 4 N–H and O–H groups in total. The second-order valence-corrected chi connectivity index (χ2v) is 4.63. The van der Waals surface area contributed by atoms with E-state index in [4.69, 9.17) is 15.7 Å². The number of aromatic hydroxyl groups is 1. The Hall–Kier alpha value is -2.28.